The summed E-state index contributed by atoms with van der Waals surface area (Å²) in [6, 6.07) is -0.620. The number of ether oxygens (including phenoxy) is 3. The van der Waals surface area contributed by atoms with Crippen molar-refractivity contribution in [3.63, 3.8) is 0 Å². The molecule has 0 heterocycles. The van der Waals surface area contributed by atoms with Crippen molar-refractivity contribution < 1.29 is 38.2 Å². The Labute approximate surface area is 330 Å². The summed E-state index contributed by atoms with van der Waals surface area (Å²) in [4.78, 5) is 36.9. The van der Waals surface area contributed by atoms with E-state index in [4.69, 9.17) is 14.2 Å². The van der Waals surface area contributed by atoms with Gasteiger partial charge in [0.25, 0.3) is 0 Å². The first-order valence-electron chi connectivity index (χ1n) is 21.3. The number of quaternary nitrogens is 1. The minimum Gasteiger partial charge on any atom is -0.477 e. The number of carbonyl (C=O) groups is 3. The topological polar surface area (TPSA) is 99.1 Å². The van der Waals surface area contributed by atoms with E-state index in [2.05, 4.69) is 74.6 Å². The number of unbranched alkanes of at least 4 members (excludes halogenated alkanes) is 13. The maximum Gasteiger partial charge on any atom is 0.362 e. The Bertz CT molecular complexity index is 1070. The highest BCUT2D eigenvalue weighted by molar-refractivity contribution is 5.72. The van der Waals surface area contributed by atoms with Crippen LogP contribution in [0.5, 0.6) is 0 Å². The van der Waals surface area contributed by atoms with Gasteiger partial charge in [-0.05, 0) is 70.6 Å². The number of nitrogens with zero attached hydrogens (tertiary/aromatic N) is 1. The van der Waals surface area contributed by atoms with E-state index in [9.17, 15) is 19.5 Å². The lowest BCUT2D eigenvalue weighted by molar-refractivity contribution is -0.887. The van der Waals surface area contributed by atoms with Gasteiger partial charge >= 0.3 is 17.9 Å². The van der Waals surface area contributed by atoms with Gasteiger partial charge in [-0.2, -0.15) is 0 Å². The molecule has 2 atom stereocenters. The third-order valence-corrected chi connectivity index (χ3v) is 9.15. The van der Waals surface area contributed by atoms with Gasteiger partial charge < -0.3 is 23.8 Å². The summed E-state index contributed by atoms with van der Waals surface area (Å²) in [7, 11) is 5.51. The standard InChI is InChI=1S/C46H79NO7/c1-6-8-10-12-14-16-18-19-20-21-22-23-24-25-27-29-31-33-35-37-45(49)54-42(40-52-39-38-43(46(50)51)47(3,4)5)41-53-44(48)36-34-32-30-28-26-17-15-13-11-9-7-2/h8,10,13-16,19-20,22-23,42-43H,6-7,9,11-12,17-18,21,24-41H2,1-5H3/p+1/b10-8-,15-13-,16-14-,20-19-,23-22-. The molecule has 0 aromatic carbocycles. The van der Waals surface area contributed by atoms with Crippen molar-refractivity contribution >= 4 is 17.9 Å². The molecule has 0 rings (SSSR count). The van der Waals surface area contributed by atoms with Crippen molar-refractivity contribution in [1.29, 1.82) is 0 Å². The second-order valence-electron chi connectivity index (χ2n) is 15.2. The van der Waals surface area contributed by atoms with Crippen LogP contribution in [-0.4, -0.2) is 80.6 Å². The number of aliphatic carboxylic acids is 1. The largest absolute Gasteiger partial charge is 0.477 e. The van der Waals surface area contributed by atoms with Gasteiger partial charge in [-0.25, -0.2) is 4.79 Å². The number of rotatable bonds is 37. The van der Waals surface area contributed by atoms with Gasteiger partial charge in [0.05, 0.1) is 34.4 Å². The van der Waals surface area contributed by atoms with Gasteiger partial charge in [0.15, 0.2) is 12.1 Å². The van der Waals surface area contributed by atoms with E-state index in [0.717, 1.165) is 89.9 Å². The highest BCUT2D eigenvalue weighted by Crippen LogP contribution is 2.13. The Morgan fingerprint density at radius 1 is 0.574 bits per heavy atom. The Hall–Kier alpha value is -2.97. The van der Waals surface area contributed by atoms with Crippen LogP contribution in [0.1, 0.15) is 162 Å². The smallest absolute Gasteiger partial charge is 0.362 e. The monoisotopic (exact) mass is 759 g/mol. The average Bonchev–Trinajstić information content (AvgIpc) is 3.12. The third kappa shape index (κ3) is 34.8. The number of hydrogen-bond donors (Lipinski definition) is 1. The van der Waals surface area contributed by atoms with Crippen molar-refractivity contribution in [3.8, 4) is 0 Å². The lowest BCUT2D eigenvalue weighted by atomic mass is 10.1. The summed E-state index contributed by atoms with van der Waals surface area (Å²) in [6.07, 6.45) is 44.0. The molecular weight excluding hydrogens is 679 g/mol. The molecule has 2 unspecified atom stereocenters. The number of likely N-dealkylation sites (N-methyl/N-ethyl adjacent to an activating group) is 1. The minimum absolute atomic E-state index is 0.0503. The molecular formula is C46H80NO7+. The van der Waals surface area contributed by atoms with Gasteiger partial charge in [0.2, 0.25) is 0 Å². The molecule has 54 heavy (non-hydrogen) atoms. The summed E-state index contributed by atoms with van der Waals surface area (Å²) in [6.45, 7) is 4.55. The Kier molecular flexibility index (Phi) is 34.9. The van der Waals surface area contributed by atoms with E-state index in [0.29, 0.717) is 19.3 Å². The maximum absolute atomic E-state index is 12.7. The molecule has 310 valence electrons. The van der Waals surface area contributed by atoms with E-state index in [1.165, 1.54) is 38.5 Å². The van der Waals surface area contributed by atoms with Crippen LogP contribution < -0.4 is 0 Å². The van der Waals surface area contributed by atoms with Crippen LogP contribution in [0.2, 0.25) is 0 Å². The van der Waals surface area contributed by atoms with Crippen LogP contribution in [0.25, 0.3) is 0 Å². The molecule has 0 bridgehead atoms. The molecule has 0 saturated heterocycles. The third-order valence-electron chi connectivity index (χ3n) is 9.15. The van der Waals surface area contributed by atoms with E-state index in [1.54, 1.807) is 0 Å². The summed E-state index contributed by atoms with van der Waals surface area (Å²) in [5.74, 6) is -1.50. The summed E-state index contributed by atoms with van der Waals surface area (Å²) in [5, 5.41) is 9.60. The molecule has 0 amide bonds. The Morgan fingerprint density at radius 3 is 1.56 bits per heavy atom. The van der Waals surface area contributed by atoms with Crippen molar-refractivity contribution in [1.82, 2.24) is 0 Å². The van der Waals surface area contributed by atoms with Crippen molar-refractivity contribution in [2.75, 3.05) is 41.0 Å². The molecule has 0 radical (unpaired) electrons. The van der Waals surface area contributed by atoms with E-state index < -0.39 is 18.1 Å². The van der Waals surface area contributed by atoms with Gasteiger partial charge in [-0.15, -0.1) is 0 Å². The molecule has 0 aliphatic heterocycles. The van der Waals surface area contributed by atoms with Crippen molar-refractivity contribution in [2.45, 2.75) is 174 Å². The number of carboxylic acids is 1. The van der Waals surface area contributed by atoms with Gasteiger partial charge in [0, 0.05) is 19.3 Å². The molecule has 1 N–H and O–H groups in total. The fourth-order valence-corrected chi connectivity index (χ4v) is 5.83. The molecule has 8 nitrogen and oxygen atoms in total. The van der Waals surface area contributed by atoms with Gasteiger partial charge in [-0.1, -0.05) is 132 Å². The summed E-state index contributed by atoms with van der Waals surface area (Å²) >= 11 is 0. The van der Waals surface area contributed by atoms with Gasteiger partial charge in [0.1, 0.15) is 6.61 Å². The van der Waals surface area contributed by atoms with Crippen LogP contribution in [0.4, 0.5) is 0 Å². The normalized spacial score (nSPS) is 13.6. The van der Waals surface area contributed by atoms with Crippen LogP contribution >= 0.6 is 0 Å². The summed E-state index contributed by atoms with van der Waals surface area (Å²) < 4.78 is 17.2. The van der Waals surface area contributed by atoms with Crippen molar-refractivity contribution in [2.24, 2.45) is 0 Å². The highest BCUT2D eigenvalue weighted by Gasteiger charge is 2.31. The van der Waals surface area contributed by atoms with Crippen LogP contribution in [0, 0.1) is 0 Å². The van der Waals surface area contributed by atoms with E-state index in [1.807, 2.05) is 21.1 Å². The molecule has 0 fully saturated rings. The zero-order valence-electron chi connectivity index (χ0n) is 35.2. The van der Waals surface area contributed by atoms with Crippen LogP contribution in [0.3, 0.4) is 0 Å². The highest BCUT2D eigenvalue weighted by atomic mass is 16.6. The lowest BCUT2D eigenvalue weighted by Crippen LogP contribution is -2.50. The molecule has 0 aliphatic rings. The first kappa shape index (κ1) is 51.0. The second kappa shape index (κ2) is 37.0. The van der Waals surface area contributed by atoms with Crippen LogP contribution in [0.15, 0.2) is 60.8 Å². The number of allylic oxidation sites excluding steroid dienone is 10. The summed E-state index contributed by atoms with van der Waals surface area (Å²) in [5.41, 5.74) is 0. The maximum atomic E-state index is 12.7. The quantitative estimate of drug-likeness (QED) is 0.0291. The van der Waals surface area contributed by atoms with Crippen molar-refractivity contribution in [3.05, 3.63) is 60.8 Å². The second-order valence-corrected chi connectivity index (χ2v) is 15.2. The molecule has 0 saturated carbocycles. The number of carboxylic acid groups (broad SMARTS) is 1. The first-order valence-corrected chi connectivity index (χ1v) is 21.3. The zero-order chi connectivity index (χ0) is 40.0. The van der Waals surface area contributed by atoms with Crippen LogP contribution in [-0.2, 0) is 28.6 Å². The molecule has 0 aliphatic carbocycles. The average molecular weight is 759 g/mol. The molecule has 0 spiro atoms. The van der Waals surface area contributed by atoms with E-state index >= 15 is 0 Å². The number of hydrogen-bond acceptors (Lipinski definition) is 6. The predicted molar refractivity (Wildman–Crippen MR) is 224 cm³/mol. The zero-order valence-corrected chi connectivity index (χ0v) is 35.2. The van der Waals surface area contributed by atoms with Gasteiger partial charge in [-0.3, -0.25) is 9.59 Å². The Balaban J connectivity index is 4.38. The Morgan fingerprint density at radius 2 is 1.04 bits per heavy atom. The number of carbonyl (C=O) groups excluding carboxylic acids is 2. The molecule has 8 heteroatoms. The molecule has 0 aromatic rings. The fourth-order valence-electron chi connectivity index (χ4n) is 5.83. The number of esters is 2. The first-order chi connectivity index (χ1) is 26.1. The predicted octanol–water partition coefficient (Wildman–Crippen LogP) is 11.4. The SMILES string of the molecule is CC/C=C\C/C=C\C/C=C\C/C=C\CCCCCCCCC(=O)OC(COCCC(C(=O)O)[N+](C)(C)C)COC(=O)CCCCCCC/C=C\CCCC. The molecule has 0 aromatic heterocycles. The fraction of sp³-hybridized carbons (Fsp3) is 0.717. The van der Waals surface area contributed by atoms with E-state index in [-0.39, 0.29) is 36.2 Å². The minimum atomic E-state index is -0.881. The lowest BCUT2D eigenvalue weighted by Gasteiger charge is -2.31.